The molecule has 1 unspecified atom stereocenters. The number of imide groups is 1. The van der Waals surface area contributed by atoms with E-state index in [4.69, 9.17) is 9.47 Å². The number of aromatic amines is 1. The molecule has 0 radical (unpaired) electrons. The molecule has 18 nitrogen and oxygen atoms in total. The van der Waals surface area contributed by atoms with Crippen molar-refractivity contribution in [2.24, 2.45) is 5.41 Å². The van der Waals surface area contributed by atoms with E-state index in [0.29, 0.717) is 45.4 Å². The number of alkyl halides is 1. The van der Waals surface area contributed by atoms with Crippen LogP contribution >= 0.6 is 0 Å². The number of aliphatic hydroxyl groups excluding tert-OH is 1. The van der Waals surface area contributed by atoms with E-state index in [0.717, 1.165) is 37.4 Å². The van der Waals surface area contributed by atoms with Gasteiger partial charge in [0.15, 0.2) is 5.82 Å². The van der Waals surface area contributed by atoms with Gasteiger partial charge < -0.3 is 29.4 Å². The van der Waals surface area contributed by atoms with E-state index in [-0.39, 0.29) is 77.1 Å². The summed E-state index contributed by atoms with van der Waals surface area (Å²) in [5.74, 6) is -4.70. The normalized spacial score (nSPS) is 20.6. The van der Waals surface area contributed by atoms with Crippen LogP contribution in [-0.2, 0) is 31.1 Å². The Labute approximate surface area is 411 Å². The highest BCUT2D eigenvalue weighted by molar-refractivity contribution is 7.91. The Morgan fingerprint density at radius 2 is 1.74 bits per heavy atom. The summed E-state index contributed by atoms with van der Waals surface area (Å²) in [4.78, 5) is 77.8. The third-order valence-electron chi connectivity index (χ3n) is 13.6. The molecule has 5 aromatic rings. The number of aliphatic hydroxyl groups is 1. The van der Waals surface area contributed by atoms with Crippen molar-refractivity contribution in [2.45, 2.75) is 70.5 Å². The number of carbonyl (C=O) groups is 5. The molecule has 0 bridgehead atoms. The summed E-state index contributed by atoms with van der Waals surface area (Å²) < 4.78 is 85.8. The van der Waals surface area contributed by atoms with Crippen LogP contribution in [0.4, 0.5) is 29.3 Å². The van der Waals surface area contributed by atoms with Gasteiger partial charge in [-0.3, -0.25) is 29.4 Å². The number of ketones is 1. The molecule has 4 fully saturated rings. The lowest BCUT2D eigenvalue weighted by Crippen LogP contribution is -2.72. The zero-order valence-corrected chi connectivity index (χ0v) is 40.3. The molecule has 5 aliphatic heterocycles. The lowest BCUT2D eigenvalue weighted by Gasteiger charge is -2.61. The van der Waals surface area contributed by atoms with Crippen molar-refractivity contribution in [1.29, 1.82) is 0 Å². The Bertz CT molecular complexity index is 3150. The van der Waals surface area contributed by atoms with Crippen molar-refractivity contribution < 1.29 is 60.1 Å². The van der Waals surface area contributed by atoms with Gasteiger partial charge in [0.2, 0.25) is 17.6 Å². The second kappa shape index (κ2) is 18.3. The third kappa shape index (κ3) is 9.15. The van der Waals surface area contributed by atoms with Gasteiger partial charge in [-0.15, -0.1) is 0 Å². The van der Waals surface area contributed by atoms with E-state index in [2.05, 4.69) is 25.1 Å². The van der Waals surface area contributed by atoms with Crippen LogP contribution in [0.1, 0.15) is 71.9 Å². The Kier molecular flexibility index (Phi) is 12.4. The molecule has 7 heterocycles. The van der Waals surface area contributed by atoms with Crippen LogP contribution < -0.4 is 19.3 Å². The summed E-state index contributed by atoms with van der Waals surface area (Å²) in [5.41, 5.74) is 0.317. The lowest BCUT2D eigenvalue weighted by atomic mass is 9.72. The third-order valence-corrected chi connectivity index (χ3v) is 15.4. The molecule has 1 spiro atoms. The summed E-state index contributed by atoms with van der Waals surface area (Å²) in [6.07, 6.45) is -0.706. The molecule has 0 aliphatic carbocycles. The second-order valence-corrected chi connectivity index (χ2v) is 21.9. The number of hydrogen-bond acceptors (Lipinski definition) is 13. The van der Waals surface area contributed by atoms with E-state index in [1.54, 1.807) is 30.5 Å². The van der Waals surface area contributed by atoms with Gasteiger partial charge in [-0.05, 0) is 93.3 Å². The van der Waals surface area contributed by atoms with Gasteiger partial charge in [0.05, 0.1) is 5.56 Å². The standard InChI is InChI=1S/C50H51F3N8O10S/c1-49(2,3)71-48(67)61(72(68,69)59-15-14-31(51)21-59)39-11-10-38(52)42(43(39)53)44(64)37-19-55-45-36(37)17-29(18-54-45)28-4-6-32(7-5-28)58-26-50(27-58)24-57(25-50)22-33(62)23-70-34-8-9-35-30(16-34)20-60(47(35)66)40-12-13-41(63)56-46(40)65/h4-11,16-19,31,33,40,62H,12-15,20-27H2,1-3H3,(H,54,55)(H,56,63,65)/t31-,33-,40?/m1/s1. The number of ether oxygens (including phenoxy) is 2. The van der Waals surface area contributed by atoms with Gasteiger partial charge in [0.1, 0.15) is 53.4 Å². The summed E-state index contributed by atoms with van der Waals surface area (Å²) in [5, 5.41) is 13.4. The maximum atomic E-state index is 16.6. The van der Waals surface area contributed by atoms with Crippen LogP contribution in [0.5, 0.6) is 5.75 Å². The van der Waals surface area contributed by atoms with Crippen molar-refractivity contribution in [3.63, 3.8) is 0 Å². The Hall–Kier alpha value is -6.88. The number of hydrogen-bond donors (Lipinski definition) is 3. The van der Waals surface area contributed by atoms with Crippen molar-refractivity contribution in [2.75, 3.05) is 61.6 Å². The smallest absolute Gasteiger partial charge is 0.430 e. The van der Waals surface area contributed by atoms with Gasteiger partial charge in [-0.25, -0.2) is 22.9 Å². The zero-order chi connectivity index (χ0) is 51.0. The van der Waals surface area contributed by atoms with Crippen molar-refractivity contribution in [1.82, 2.24) is 29.4 Å². The molecule has 378 valence electrons. The number of aromatic nitrogens is 2. The van der Waals surface area contributed by atoms with E-state index in [1.165, 1.54) is 31.9 Å². The molecule has 3 N–H and O–H groups in total. The molecule has 3 aromatic carbocycles. The zero-order valence-electron chi connectivity index (χ0n) is 39.5. The number of likely N-dealkylation sites (tertiary alicyclic amines) is 1. The van der Waals surface area contributed by atoms with Crippen LogP contribution in [0.25, 0.3) is 22.2 Å². The van der Waals surface area contributed by atoms with Crippen LogP contribution in [-0.4, -0.2) is 144 Å². The van der Waals surface area contributed by atoms with E-state index in [1.807, 2.05) is 24.3 Å². The number of fused-ring (bicyclic) bond motifs is 2. The van der Waals surface area contributed by atoms with Crippen LogP contribution in [0.3, 0.4) is 0 Å². The van der Waals surface area contributed by atoms with Gasteiger partial charge in [-0.1, -0.05) is 12.1 Å². The van der Waals surface area contributed by atoms with Gasteiger partial charge in [-0.2, -0.15) is 17.0 Å². The van der Waals surface area contributed by atoms with E-state index >= 15 is 8.78 Å². The number of pyridine rings is 1. The SMILES string of the molecule is CC(C)(C)OC(=O)N(c1ccc(F)c(C(=O)c2c[nH]c3ncc(-c4ccc(N5CC6(CN(C[C@@H](O)COc7ccc8c(c7)CN(C7CCC(=O)NC7=O)C8=O)C6)C5)cc4)cc23)c1F)S(=O)(=O)N1CC[C@@H](F)C1. The quantitative estimate of drug-likeness (QED) is 0.104. The lowest BCUT2D eigenvalue weighted by molar-refractivity contribution is -0.136. The number of carbonyl (C=O) groups excluding carboxylic acids is 5. The molecule has 2 aromatic heterocycles. The molecule has 4 amide bonds. The number of benzene rings is 3. The first-order valence-corrected chi connectivity index (χ1v) is 24.9. The number of amides is 4. The Morgan fingerprint density at radius 3 is 2.43 bits per heavy atom. The van der Waals surface area contributed by atoms with Gasteiger partial charge >= 0.3 is 16.3 Å². The summed E-state index contributed by atoms with van der Waals surface area (Å²) in [7, 11) is -4.97. The number of piperidine rings is 1. The molecular weight excluding hydrogens is 962 g/mol. The number of H-pyrrole nitrogens is 1. The number of nitrogens with one attached hydrogen (secondary N) is 2. The Balaban J connectivity index is 0.754. The molecular formula is C50H51F3N8O10S. The molecule has 72 heavy (non-hydrogen) atoms. The monoisotopic (exact) mass is 1010 g/mol. The minimum Gasteiger partial charge on any atom is -0.491 e. The fourth-order valence-electron chi connectivity index (χ4n) is 10.2. The topological polar surface area (TPSA) is 215 Å². The summed E-state index contributed by atoms with van der Waals surface area (Å²) >= 11 is 0. The van der Waals surface area contributed by atoms with Crippen molar-refractivity contribution in [3.05, 3.63) is 107 Å². The fourth-order valence-corrected chi connectivity index (χ4v) is 11.8. The maximum Gasteiger partial charge on any atom is 0.430 e. The first kappa shape index (κ1) is 48.7. The van der Waals surface area contributed by atoms with Crippen molar-refractivity contribution in [3.8, 4) is 16.9 Å². The summed E-state index contributed by atoms with van der Waals surface area (Å²) in [6.45, 7) is 7.40. The highest BCUT2D eigenvalue weighted by atomic mass is 32.2. The van der Waals surface area contributed by atoms with Gasteiger partial charge in [0, 0.05) is 104 Å². The first-order chi connectivity index (χ1) is 34.2. The minimum absolute atomic E-state index is 0.000868. The van der Waals surface area contributed by atoms with Crippen molar-refractivity contribution >= 4 is 62.2 Å². The number of β-amino-alcohol motifs (C(OH)–C–C–N with tert-alkyl or cyclic N) is 1. The molecule has 22 heteroatoms. The minimum atomic E-state index is -4.97. The highest BCUT2D eigenvalue weighted by Gasteiger charge is 2.52. The average molecular weight is 1010 g/mol. The Morgan fingerprint density at radius 1 is 0.986 bits per heavy atom. The van der Waals surface area contributed by atoms with Crippen LogP contribution in [0.2, 0.25) is 0 Å². The average Bonchev–Trinajstić information content (AvgIpc) is 4.03. The fraction of sp³-hybridized carbons (Fsp3) is 0.400. The molecule has 3 atom stereocenters. The number of anilines is 2. The predicted molar refractivity (Wildman–Crippen MR) is 255 cm³/mol. The van der Waals surface area contributed by atoms with Crippen LogP contribution in [0.15, 0.2) is 73.1 Å². The molecule has 4 saturated heterocycles. The number of halogens is 3. The molecule has 5 aliphatic rings. The van der Waals surface area contributed by atoms with Gasteiger partial charge in [0.25, 0.3) is 5.91 Å². The van der Waals surface area contributed by atoms with Crippen LogP contribution in [0, 0.1) is 17.0 Å². The maximum absolute atomic E-state index is 16.6. The number of rotatable bonds is 13. The van der Waals surface area contributed by atoms with E-state index < -0.39 is 81.3 Å². The second-order valence-electron chi connectivity index (χ2n) is 20.2. The predicted octanol–water partition coefficient (Wildman–Crippen LogP) is 5.09. The summed E-state index contributed by atoms with van der Waals surface area (Å²) in [6, 6.07) is 15.1. The largest absolute Gasteiger partial charge is 0.491 e. The first-order valence-electron chi connectivity index (χ1n) is 23.5. The number of nitrogens with zero attached hydrogens (tertiary/aromatic N) is 6. The molecule has 0 saturated carbocycles. The molecule has 10 rings (SSSR count). The van der Waals surface area contributed by atoms with E-state index in [9.17, 15) is 41.9 Å². The highest BCUT2D eigenvalue weighted by Crippen LogP contribution is 2.43.